The number of thiazole rings is 1. The first-order valence-electron chi connectivity index (χ1n) is 6.31. The topological polar surface area (TPSA) is 63.4 Å². The van der Waals surface area contributed by atoms with Gasteiger partial charge in [0.15, 0.2) is 0 Å². The summed E-state index contributed by atoms with van der Waals surface area (Å²) in [7, 11) is 1.64. The Morgan fingerprint density at radius 3 is 2.95 bits per heavy atom. The van der Waals surface area contributed by atoms with Gasteiger partial charge in [-0.15, -0.1) is 11.3 Å². The van der Waals surface area contributed by atoms with Crippen LogP contribution in [0.15, 0.2) is 51.3 Å². The van der Waals surface area contributed by atoms with Gasteiger partial charge in [-0.1, -0.05) is 12.1 Å². The second-order valence-corrected chi connectivity index (χ2v) is 5.54. The molecule has 0 saturated heterocycles. The summed E-state index contributed by atoms with van der Waals surface area (Å²) >= 11 is 1.46. The average molecular weight is 300 g/mol. The fraction of sp³-hybridized carbons (Fsp3) is 0.133. The van der Waals surface area contributed by atoms with Crippen molar-refractivity contribution in [3.63, 3.8) is 0 Å². The second kappa shape index (κ2) is 5.49. The Kier molecular flexibility index (Phi) is 3.53. The summed E-state index contributed by atoms with van der Waals surface area (Å²) in [5.74, 6) is -0.371. The van der Waals surface area contributed by atoms with Crippen molar-refractivity contribution in [3.8, 4) is 0 Å². The maximum atomic E-state index is 12.4. The van der Waals surface area contributed by atoms with Crippen molar-refractivity contribution >= 4 is 28.2 Å². The number of aromatic nitrogens is 1. The van der Waals surface area contributed by atoms with Crippen LogP contribution in [0.25, 0.3) is 11.0 Å². The monoisotopic (exact) mass is 300 g/mol. The third kappa shape index (κ3) is 2.57. The number of hydrogen-bond donors (Lipinski definition) is 0. The first-order chi connectivity index (χ1) is 10.2. The highest BCUT2D eigenvalue weighted by Gasteiger charge is 2.18. The minimum atomic E-state index is -0.371. The maximum absolute atomic E-state index is 12.4. The molecule has 0 unspecified atom stereocenters. The van der Waals surface area contributed by atoms with E-state index in [4.69, 9.17) is 4.42 Å². The molecule has 0 spiro atoms. The number of nitrogens with zero attached hydrogens (tertiary/aromatic N) is 2. The predicted octanol–water partition coefficient (Wildman–Crippen LogP) is 2.52. The Morgan fingerprint density at radius 1 is 1.38 bits per heavy atom. The lowest BCUT2D eigenvalue weighted by atomic mass is 10.1. The van der Waals surface area contributed by atoms with Crippen molar-refractivity contribution in [1.82, 2.24) is 9.88 Å². The average Bonchev–Trinajstić information content (AvgIpc) is 3.00. The molecule has 1 amide bonds. The van der Waals surface area contributed by atoms with Gasteiger partial charge in [0.25, 0.3) is 5.91 Å². The van der Waals surface area contributed by atoms with Crippen LogP contribution in [-0.2, 0) is 6.54 Å². The number of carbonyl (C=O) groups is 1. The summed E-state index contributed by atoms with van der Waals surface area (Å²) in [5.41, 5.74) is 0.197. The normalized spacial score (nSPS) is 10.7. The third-order valence-corrected chi connectivity index (χ3v) is 3.88. The second-order valence-electron chi connectivity index (χ2n) is 4.56. The Labute approximate surface area is 124 Å². The fourth-order valence-electron chi connectivity index (χ4n) is 2.04. The number of amides is 1. The lowest BCUT2D eigenvalue weighted by Crippen LogP contribution is -2.30. The molecule has 0 saturated carbocycles. The van der Waals surface area contributed by atoms with Crippen LogP contribution >= 0.6 is 11.3 Å². The van der Waals surface area contributed by atoms with Crippen molar-refractivity contribution in [2.45, 2.75) is 6.54 Å². The molecule has 0 bridgehead atoms. The van der Waals surface area contributed by atoms with Crippen LogP contribution in [0.2, 0.25) is 0 Å². The number of rotatable bonds is 3. The molecule has 0 radical (unpaired) electrons. The maximum Gasteiger partial charge on any atom is 0.261 e. The quantitative estimate of drug-likeness (QED) is 0.745. The molecule has 0 fully saturated rings. The number of benzene rings is 1. The summed E-state index contributed by atoms with van der Waals surface area (Å²) in [6, 6.07) is 6.87. The fourth-order valence-corrected chi connectivity index (χ4v) is 2.71. The van der Waals surface area contributed by atoms with Crippen molar-refractivity contribution in [2.75, 3.05) is 7.05 Å². The first kappa shape index (κ1) is 13.5. The van der Waals surface area contributed by atoms with Crippen molar-refractivity contribution in [1.29, 1.82) is 0 Å². The van der Waals surface area contributed by atoms with Gasteiger partial charge >= 0.3 is 0 Å². The van der Waals surface area contributed by atoms with Gasteiger partial charge in [-0.05, 0) is 12.1 Å². The van der Waals surface area contributed by atoms with Crippen molar-refractivity contribution in [3.05, 3.63) is 62.9 Å². The Bertz CT molecular complexity index is 840. The van der Waals surface area contributed by atoms with Crippen LogP contribution in [0.1, 0.15) is 15.4 Å². The summed E-state index contributed by atoms with van der Waals surface area (Å²) in [4.78, 5) is 30.3. The molecule has 0 aliphatic heterocycles. The zero-order valence-electron chi connectivity index (χ0n) is 11.3. The van der Waals surface area contributed by atoms with Crippen LogP contribution < -0.4 is 5.43 Å². The van der Waals surface area contributed by atoms with E-state index in [0.717, 1.165) is 5.01 Å². The highest BCUT2D eigenvalue weighted by molar-refractivity contribution is 7.09. The smallest absolute Gasteiger partial charge is 0.261 e. The molecule has 106 valence electrons. The summed E-state index contributed by atoms with van der Waals surface area (Å²) < 4.78 is 5.37. The van der Waals surface area contributed by atoms with E-state index in [9.17, 15) is 9.59 Å². The van der Waals surface area contributed by atoms with Gasteiger partial charge < -0.3 is 9.32 Å². The van der Waals surface area contributed by atoms with Gasteiger partial charge in [0, 0.05) is 18.6 Å². The number of fused-ring (bicyclic) bond motifs is 1. The summed E-state index contributed by atoms with van der Waals surface area (Å²) in [6.07, 6.45) is 2.91. The number of para-hydroxylation sites is 1. The molecule has 3 aromatic rings. The zero-order valence-corrected chi connectivity index (χ0v) is 12.1. The van der Waals surface area contributed by atoms with E-state index in [2.05, 4.69) is 4.98 Å². The molecular formula is C15H12N2O3S. The minimum absolute atomic E-state index is 0.0350. The van der Waals surface area contributed by atoms with Crippen LogP contribution in [0.3, 0.4) is 0 Å². The van der Waals surface area contributed by atoms with E-state index in [-0.39, 0.29) is 16.9 Å². The van der Waals surface area contributed by atoms with Gasteiger partial charge in [-0.25, -0.2) is 4.98 Å². The van der Waals surface area contributed by atoms with E-state index < -0.39 is 0 Å². The van der Waals surface area contributed by atoms with Crippen LogP contribution in [0.5, 0.6) is 0 Å². The lowest BCUT2D eigenvalue weighted by Gasteiger charge is -2.15. The Hall–Kier alpha value is -2.47. The molecule has 5 nitrogen and oxygen atoms in total. The van der Waals surface area contributed by atoms with Gasteiger partial charge in [0.1, 0.15) is 22.4 Å². The molecule has 1 aromatic carbocycles. The van der Waals surface area contributed by atoms with E-state index in [1.165, 1.54) is 22.5 Å². The van der Waals surface area contributed by atoms with Gasteiger partial charge in [0.05, 0.1) is 11.9 Å². The van der Waals surface area contributed by atoms with Crippen LogP contribution in [0, 0.1) is 0 Å². The highest BCUT2D eigenvalue weighted by atomic mass is 32.1. The molecule has 0 aliphatic carbocycles. The van der Waals surface area contributed by atoms with E-state index in [1.54, 1.807) is 37.5 Å². The van der Waals surface area contributed by atoms with Gasteiger partial charge in [0.2, 0.25) is 5.43 Å². The molecule has 3 rings (SSSR count). The molecular weight excluding hydrogens is 288 g/mol. The molecule has 0 aliphatic rings. The molecule has 2 heterocycles. The van der Waals surface area contributed by atoms with E-state index >= 15 is 0 Å². The SMILES string of the molecule is CN(Cc1nccs1)C(=O)c1coc2ccccc2c1=O. The summed E-state index contributed by atoms with van der Waals surface area (Å²) in [6.45, 7) is 0.364. The number of hydrogen-bond acceptors (Lipinski definition) is 5. The van der Waals surface area contributed by atoms with Crippen LogP contribution in [0.4, 0.5) is 0 Å². The van der Waals surface area contributed by atoms with Crippen molar-refractivity contribution in [2.24, 2.45) is 0 Å². The zero-order chi connectivity index (χ0) is 14.8. The molecule has 21 heavy (non-hydrogen) atoms. The minimum Gasteiger partial charge on any atom is -0.463 e. The molecule has 0 atom stereocenters. The van der Waals surface area contributed by atoms with E-state index in [1.807, 2.05) is 5.38 Å². The first-order valence-corrected chi connectivity index (χ1v) is 7.19. The lowest BCUT2D eigenvalue weighted by molar-refractivity contribution is 0.0781. The van der Waals surface area contributed by atoms with Crippen LogP contribution in [-0.4, -0.2) is 22.8 Å². The van der Waals surface area contributed by atoms with Gasteiger partial charge in [-0.3, -0.25) is 9.59 Å². The summed E-state index contributed by atoms with van der Waals surface area (Å²) in [5, 5.41) is 3.07. The third-order valence-electron chi connectivity index (χ3n) is 3.11. The standard InChI is InChI=1S/C15H12N2O3S/c1-17(8-13-16-6-7-21-13)15(19)11-9-20-12-5-3-2-4-10(12)14(11)18/h2-7,9H,8H2,1H3. The van der Waals surface area contributed by atoms with E-state index in [0.29, 0.717) is 17.5 Å². The Balaban J connectivity index is 1.94. The molecule has 2 aromatic heterocycles. The predicted molar refractivity (Wildman–Crippen MR) is 80.4 cm³/mol. The largest absolute Gasteiger partial charge is 0.463 e. The highest BCUT2D eigenvalue weighted by Crippen LogP contribution is 2.13. The Morgan fingerprint density at radius 2 is 2.19 bits per heavy atom. The molecule has 6 heteroatoms. The molecule has 0 N–H and O–H groups in total. The van der Waals surface area contributed by atoms with Gasteiger partial charge in [-0.2, -0.15) is 0 Å². The number of carbonyl (C=O) groups excluding carboxylic acids is 1. The van der Waals surface area contributed by atoms with Crippen molar-refractivity contribution < 1.29 is 9.21 Å².